The molecule has 0 unspecified atom stereocenters. The predicted molar refractivity (Wildman–Crippen MR) is 35.0 cm³/mol. The summed E-state index contributed by atoms with van der Waals surface area (Å²) in [7, 11) is 0. The second-order valence-corrected chi connectivity index (χ2v) is 1.73. The summed E-state index contributed by atoms with van der Waals surface area (Å²) < 4.78 is 0. The van der Waals surface area contributed by atoms with Crippen LogP contribution in [0, 0.1) is 0 Å². The van der Waals surface area contributed by atoms with Crippen molar-refractivity contribution in [2.45, 2.75) is 0 Å². The summed E-state index contributed by atoms with van der Waals surface area (Å²) in [6, 6.07) is 8.76. The molecule has 2 nitrogen and oxygen atoms in total. The van der Waals surface area contributed by atoms with Gasteiger partial charge in [0.05, 0.1) is 0 Å². The van der Waals surface area contributed by atoms with Gasteiger partial charge in [0.1, 0.15) is 0 Å². The number of hydrogen-bond acceptors (Lipinski definition) is 1. The fourth-order valence-electron chi connectivity index (χ4n) is 0.602. The largest absolute Gasteiger partial charge is 0.366 e. The summed E-state index contributed by atoms with van der Waals surface area (Å²) in [5.41, 5.74) is 5.53. The van der Waals surface area contributed by atoms with Gasteiger partial charge in [0.2, 0.25) is 5.91 Å². The average molecular weight is 185 g/mol. The third kappa shape index (κ3) is 2.21. The molecule has 1 aromatic carbocycles. The molecule has 0 saturated heterocycles. The fraction of sp³-hybridized carbons (Fsp3) is 0. The van der Waals surface area contributed by atoms with Crippen molar-refractivity contribution in [3.8, 4) is 0 Å². The maximum atomic E-state index is 10.4. The molecule has 1 radical (unpaired) electrons. The van der Waals surface area contributed by atoms with Crippen LogP contribution in [0.1, 0.15) is 10.4 Å². The Kier molecular flexibility index (Phi) is 3.77. The first-order valence-electron chi connectivity index (χ1n) is 2.65. The number of carbonyl (C=O) groups excluding carboxylic acids is 1. The molecule has 3 heteroatoms. The number of carbonyl (C=O) groups is 1. The standard InChI is InChI=1S/C7H7NO.Cu/c8-7(9)6-4-2-1-3-5-6;/h1-5H,(H2,8,9);. The Morgan fingerprint density at radius 2 is 1.70 bits per heavy atom. The second kappa shape index (κ2) is 4.09. The zero-order chi connectivity index (χ0) is 6.69. The van der Waals surface area contributed by atoms with Gasteiger partial charge in [0, 0.05) is 22.6 Å². The number of rotatable bonds is 1. The van der Waals surface area contributed by atoms with E-state index < -0.39 is 0 Å². The van der Waals surface area contributed by atoms with E-state index in [2.05, 4.69) is 0 Å². The van der Waals surface area contributed by atoms with Gasteiger partial charge in [-0.2, -0.15) is 0 Å². The van der Waals surface area contributed by atoms with Crippen LogP contribution in [0.5, 0.6) is 0 Å². The maximum absolute atomic E-state index is 10.4. The van der Waals surface area contributed by atoms with Crippen molar-refractivity contribution in [3.05, 3.63) is 35.9 Å². The number of nitrogens with two attached hydrogens (primary N) is 1. The molecular formula is C7H7CuNO. The minimum absolute atomic E-state index is 0. The van der Waals surface area contributed by atoms with Gasteiger partial charge in [-0.25, -0.2) is 0 Å². The van der Waals surface area contributed by atoms with Crippen LogP contribution in [0.15, 0.2) is 30.3 Å². The summed E-state index contributed by atoms with van der Waals surface area (Å²) in [6.07, 6.45) is 0. The van der Waals surface area contributed by atoms with E-state index in [4.69, 9.17) is 5.73 Å². The Morgan fingerprint density at radius 1 is 1.20 bits per heavy atom. The third-order valence-corrected chi connectivity index (χ3v) is 1.06. The van der Waals surface area contributed by atoms with Crippen molar-refractivity contribution in [1.82, 2.24) is 0 Å². The van der Waals surface area contributed by atoms with E-state index in [9.17, 15) is 4.79 Å². The predicted octanol–water partition coefficient (Wildman–Crippen LogP) is 0.783. The van der Waals surface area contributed by atoms with Gasteiger partial charge in [-0.15, -0.1) is 0 Å². The van der Waals surface area contributed by atoms with Gasteiger partial charge in [0.15, 0.2) is 0 Å². The van der Waals surface area contributed by atoms with E-state index in [0.29, 0.717) is 5.56 Å². The van der Waals surface area contributed by atoms with Crippen LogP contribution >= 0.6 is 0 Å². The van der Waals surface area contributed by atoms with E-state index in [1.165, 1.54) is 0 Å². The first kappa shape index (κ1) is 9.21. The molecule has 0 spiro atoms. The van der Waals surface area contributed by atoms with E-state index >= 15 is 0 Å². The van der Waals surface area contributed by atoms with Crippen molar-refractivity contribution < 1.29 is 21.9 Å². The quantitative estimate of drug-likeness (QED) is 0.645. The zero-order valence-electron chi connectivity index (χ0n) is 5.17. The average Bonchev–Trinajstić information content (AvgIpc) is 1.90. The summed E-state index contributed by atoms with van der Waals surface area (Å²) >= 11 is 0. The Hall–Kier alpha value is -0.791. The Morgan fingerprint density at radius 3 is 2.00 bits per heavy atom. The molecule has 0 fully saturated rings. The molecule has 0 bridgehead atoms. The number of amides is 1. The third-order valence-electron chi connectivity index (χ3n) is 1.06. The Labute approximate surface area is 69.9 Å². The molecule has 0 atom stereocenters. The van der Waals surface area contributed by atoms with Crippen molar-refractivity contribution in [2.24, 2.45) is 5.73 Å². The normalized spacial score (nSPS) is 8.00. The zero-order valence-corrected chi connectivity index (χ0v) is 6.12. The maximum Gasteiger partial charge on any atom is 0.248 e. The molecule has 1 amide bonds. The molecule has 57 valence electrons. The molecule has 0 saturated carbocycles. The number of primary amides is 1. The minimum Gasteiger partial charge on any atom is -0.366 e. The van der Waals surface area contributed by atoms with E-state index in [-0.39, 0.29) is 23.0 Å². The van der Waals surface area contributed by atoms with Crippen LogP contribution in [0.3, 0.4) is 0 Å². The molecule has 1 aromatic rings. The molecule has 2 N–H and O–H groups in total. The summed E-state index contributed by atoms with van der Waals surface area (Å²) in [6.45, 7) is 0. The van der Waals surface area contributed by atoms with Crippen LogP contribution in [0.4, 0.5) is 0 Å². The van der Waals surface area contributed by atoms with E-state index in [1.807, 2.05) is 6.07 Å². The van der Waals surface area contributed by atoms with Crippen molar-refractivity contribution in [3.63, 3.8) is 0 Å². The van der Waals surface area contributed by atoms with E-state index in [1.54, 1.807) is 24.3 Å². The molecular weight excluding hydrogens is 178 g/mol. The molecule has 10 heavy (non-hydrogen) atoms. The van der Waals surface area contributed by atoms with Crippen LogP contribution < -0.4 is 5.73 Å². The fourth-order valence-corrected chi connectivity index (χ4v) is 0.602. The molecule has 0 aliphatic carbocycles. The Balaban J connectivity index is 0.000000810. The van der Waals surface area contributed by atoms with Gasteiger partial charge < -0.3 is 5.73 Å². The molecule has 0 aliphatic rings. The van der Waals surface area contributed by atoms with Gasteiger partial charge in [-0.1, -0.05) is 18.2 Å². The van der Waals surface area contributed by atoms with Crippen molar-refractivity contribution >= 4 is 5.91 Å². The summed E-state index contributed by atoms with van der Waals surface area (Å²) in [4.78, 5) is 10.4. The van der Waals surface area contributed by atoms with Gasteiger partial charge in [0.25, 0.3) is 0 Å². The number of hydrogen-bond donors (Lipinski definition) is 1. The van der Waals surface area contributed by atoms with E-state index in [0.717, 1.165) is 0 Å². The van der Waals surface area contributed by atoms with Crippen molar-refractivity contribution in [1.29, 1.82) is 0 Å². The van der Waals surface area contributed by atoms with Crippen LogP contribution in [-0.4, -0.2) is 5.91 Å². The first-order chi connectivity index (χ1) is 4.30. The smallest absolute Gasteiger partial charge is 0.248 e. The molecule has 0 aromatic heterocycles. The van der Waals surface area contributed by atoms with Gasteiger partial charge >= 0.3 is 0 Å². The van der Waals surface area contributed by atoms with Gasteiger partial charge in [-0.3, -0.25) is 4.79 Å². The van der Waals surface area contributed by atoms with Crippen molar-refractivity contribution in [2.75, 3.05) is 0 Å². The first-order valence-corrected chi connectivity index (χ1v) is 2.65. The minimum atomic E-state index is -0.379. The topological polar surface area (TPSA) is 43.1 Å². The SMILES string of the molecule is NC(=O)c1ccccc1.[Cu]. The molecule has 0 heterocycles. The van der Waals surface area contributed by atoms with Gasteiger partial charge in [-0.05, 0) is 12.1 Å². The van der Waals surface area contributed by atoms with Crippen LogP contribution in [-0.2, 0) is 17.1 Å². The number of benzene rings is 1. The van der Waals surface area contributed by atoms with Crippen LogP contribution in [0.25, 0.3) is 0 Å². The summed E-state index contributed by atoms with van der Waals surface area (Å²) in [5.74, 6) is -0.379. The monoisotopic (exact) mass is 184 g/mol. The molecule has 1 rings (SSSR count). The van der Waals surface area contributed by atoms with Crippen LogP contribution in [0.2, 0.25) is 0 Å². The second-order valence-electron chi connectivity index (χ2n) is 1.73. The Bertz CT molecular complexity index is 210. The molecule has 0 aliphatic heterocycles. The summed E-state index contributed by atoms with van der Waals surface area (Å²) in [5, 5.41) is 0.